The molecule has 5 aromatic rings. The van der Waals surface area contributed by atoms with Crippen molar-refractivity contribution in [3.8, 4) is 0 Å². The van der Waals surface area contributed by atoms with Gasteiger partial charge in [-0.25, -0.2) is 12.8 Å². The highest BCUT2D eigenvalue weighted by atomic mass is 35.5. The number of hydrogen-bond acceptors (Lipinski definition) is 6. The molecule has 262 valence electrons. The zero-order valence-corrected chi connectivity index (χ0v) is 28.9. The highest BCUT2D eigenvalue weighted by Crippen LogP contribution is 2.40. The van der Waals surface area contributed by atoms with E-state index in [1.165, 1.54) is 28.0 Å². The molecule has 1 unspecified atom stereocenters. The smallest absolute Gasteiger partial charge is 0.261 e. The van der Waals surface area contributed by atoms with Crippen molar-refractivity contribution in [1.29, 1.82) is 0 Å². The third-order valence-electron chi connectivity index (χ3n) is 8.35. The van der Waals surface area contributed by atoms with Crippen molar-refractivity contribution in [2.75, 3.05) is 14.5 Å². The average molecular weight is 728 g/mol. The van der Waals surface area contributed by atoms with Crippen LogP contribution in [-0.2, 0) is 44.0 Å². The van der Waals surface area contributed by atoms with Gasteiger partial charge in [0.25, 0.3) is 10.0 Å². The second-order valence-corrected chi connectivity index (χ2v) is 13.4. The lowest BCUT2D eigenvalue weighted by atomic mass is 10.0. The number of nitrogens with two attached hydrogens (primary N) is 1. The van der Waals surface area contributed by atoms with Gasteiger partial charge in [-0.15, -0.1) is 12.4 Å². The molecule has 1 aliphatic heterocycles. The molecule has 10 nitrogen and oxygen atoms in total. The Bertz CT molecular complexity index is 2130. The molecule has 51 heavy (non-hydrogen) atoms. The van der Waals surface area contributed by atoms with Crippen LogP contribution >= 0.6 is 12.4 Å². The summed E-state index contributed by atoms with van der Waals surface area (Å²) in [5.41, 5.74) is 9.26. The van der Waals surface area contributed by atoms with Gasteiger partial charge in [-0.3, -0.25) is 24.0 Å². The van der Waals surface area contributed by atoms with Crippen LogP contribution in [0.3, 0.4) is 0 Å². The van der Waals surface area contributed by atoms with Gasteiger partial charge < -0.3 is 16.0 Å². The maximum absolute atomic E-state index is 14.4. The highest BCUT2D eigenvalue weighted by molar-refractivity contribution is 7.92. The van der Waals surface area contributed by atoms with Crippen LogP contribution in [-0.4, -0.2) is 26.1 Å². The summed E-state index contributed by atoms with van der Waals surface area (Å²) >= 11 is 0. The molecule has 1 heterocycles. The number of benzene rings is 5. The number of amides is 3. The summed E-state index contributed by atoms with van der Waals surface area (Å²) < 4.78 is 42.5. The first kappa shape index (κ1) is 36.7. The number of carbonyl (C=O) groups is 3. The number of rotatable bonds is 11. The number of fused-ring (bicyclic) bond motifs is 1. The Balaban J connectivity index is 0.00000504. The fraction of sp³-hybridized carbons (Fsp3) is 0.132. The lowest BCUT2D eigenvalue weighted by Crippen LogP contribution is -2.43. The molecule has 0 radical (unpaired) electrons. The zero-order valence-electron chi connectivity index (χ0n) is 27.2. The van der Waals surface area contributed by atoms with E-state index in [1.54, 1.807) is 109 Å². The Labute approximate surface area is 301 Å². The Morgan fingerprint density at radius 2 is 1.35 bits per heavy atom. The normalized spacial score (nSPS) is 14.3. The molecule has 0 saturated carbocycles. The molecular formula is C38H35ClFN5O5S. The first-order valence-corrected chi connectivity index (χ1v) is 17.3. The number of hydrogen-bond donors (Lipinski definition) is 3. The van der Waals surface area contributed by atoms with Gasteiger partial charge in [0.15, 0.2) is 0 Å². The highest BCUT2D eigenvalue weighted by Gasteiger charge is 2.42. The number of nitrogens with zero attached hydrogens (tertiary/aromatic N) is 2. The van der Waals surface area contributed by atoms with Crippen molar-refractivity contribution in [2.45, 2.75) is 31.0 Å². The second-order valence-electron chi connectivity index (χ2n) is 11.7. The summed E-state index contributed by atoms with van der Waals surface area (Å²) in [7, 11) is -3.82. The number of carbonyl (C=O) groups excluding carboxylic acids is 3. The average Bonchev–Trinajstić information content (AvgIpc) is 3.21. The molecular weight excluding hydrogens is 693 g/mol. The largest absolute Gasteiger partial charge is 0.352 e. The van der Waals surface area contributed by atoms with Crippen LogP contribution in [0.25, 0.3) is 0 Å². The van der Waals surface area contributed by atoms with Crippen molar-refractivity contribution in [3.63, 3.8) is 0 Å². The van der Waals surface area contributed by atoms with E-state index in [-0.39, 0.29) is 36.0 Å². The van der Waals surface area contributed by atoms with Gasteiger partial charge in [0, 0.05) is 36.4 Å². The summed E-state index contributed by atoms with van der Waals surface area (Å²) in [5, 5.41) is 2.65. The predicted octanol–water partition coefficient (Wildman–Crippen LogP) is 6.04. The van der Waals surface area contributed by atoms with Crippen molar-refractivity contribution in [1.82, 2.24) is 5.32 Å². The summed E-state index contributed by atoms with van der Waals surface area (Å²) in [6.45, 7) is 0.200. The first-order valence-electron chi connectivity index (χ1n) is 15.8. The number of para-hydroxylation sites is 2. The van der Waals surface area contributed by atoms with Gasteiger partial charge in [0.1, 0.15) is 11.7 Å². The second kappa shape index (κ2) is 16.0. The van der Waals surface area contributed by atoms with Crippen LogP contribution in [0.2, 0.25) is 0 Å². The van der Waals surface area contributed by atoms with E-state index in [2.05, 4.69) is 10.0 Å². The van der Waals surface area contributed by atoms with Gasteiger partial charge in [-0.05, 0) is 65.7 Å². The molecule has 0 spiro atoms. The fourth-order valence-electron chi connectivity index (χ4n) is 5.72. The van der Waals surface area contributed by atoms with Crippen molar-refractivity contribution >= 4 is 62.9 Å². The summed E-state index contributed by atoms with van der Waals surface area (Å²) in [6, 6.07) is 34.6. The monoisotopic (exact) mass is 727 g/mol. The number of nitrogens with one attached hydrogen (secondary N) is 2. The van der Waals surface area contributed by atoms with Crippen molar-refractivity contribution in [3.05, 3.63) is 150 Å². The van der Waals surface area contributed by atoms with E-state index in [9.17, 15) is 27.2 Å². The summed E-state index contributed by atoms with van der Waals surface area (Å²) in [4.78, 5) is 45.1. The van der Waals surface area contributed by atoms with Crippen LogP contribution in [0.15, 0.2) is 132 Å². The van der Waals surface area contributed by atoms with Crippen LogP contribution in [0.1, 0.15) is 23.1 Å². The number of halogens is 2. The van der Waals surface area contributed by atoms with Gasteiger partial charge in [-0.1, -0.05) is 72.8 Å². The number of sulfonamides is 1. The van der Waals surface area contributed by atoms with E-state index < -0.39 is 45.9 Å². The van der Waals surface area contributed by atoms with Crippen molar-refractivity contribution in [2.24, 2.45) is 11.7 Å². The molecule has 6 rings (SSSR count). The van der Waals surface area contributed by atoms with Crippen LogP contribution in [0.5, 0.6) is 0 Å². The van der Waals surface area contributed by atoms with Crippen molar-refractivity contribution < 1.29 is 27.2 Å². The molecule has 13 heteroatoms. The van der Waals surface area contributed by atoms with Crippen LogP contribution < -0.4 is 25.6 Å². The van der Waals surface area contributed by atoms with Gasteiger partial charge >= 0.3 is 0 Å². The summed E-state index contributed by atoms with van der Waals surface area (Å²) in [5.74, 6) is -3.70. The predicted molar refractivity (Wildman–Crippen MR) is 196 cm³/mol. The molecule has 1 atom stereocenters. The van der Waals surface area contributed by atoms with Crippen LogP contribution in [0, 0.1) is 11.7 Å². The first-order chi connectivity index (χ1) is 24.1. The molecule has 0 aromatic heterocycles. The van der Waals surface area contributed by atoms with Gasteiger partial charge in [0.2, 0.25) is 17.7 Å². The standard InChI is InChI=1S/C38H34FN5O5S.ClH/c39-33-11-5-4-8-28(33)24-41-36(45)22-32-37(46)43(25-27-14-18-29(19-15-27)42-50(48,49)31-9-2-1-3-10-31)34-12-6-7-13-35(34)44(38(32)47)30-20-16-26(23-40)17-21-30;/h1-21,32,42H,22-25,40H2,(H,41,45);1H. The van der Waals surface area contributed by atoms with E-state index in [4.69, 9.17) is 5.73 Å². The van der Waals surface area contributed by atoms with Crippen LogP contribution in [0.4, 0.5) is 27.1 Å². The third kappa shape index (κ3) is 8.26. The minimum absolute atomic E-state index is 0. The molecule has 0 fully saturated rings. The Hall–Kier alpha value is -5.56. The lowest BCUT2D eigenvalue weighted by molar-refractivity contribution is -0.136. The third-order valence-corrected chi connectivity index (χ3v) is 9.75. The topological polar surface area (TPSA) is 142 Å². The Morgan fingerprint density at radius 1 is 0.745 bits per heavy atom. The molecule has 0 aliphatic carbocycles. The maximum atomic E-state index is 14.4. The van der Waals surface area contributed by atoms with E-state index in [0.29, 0.717) is 34.9 Å². The van der Waals surface area contributed by atoms with E-state index in [0.717, 1.165) is 5.56 Å². The molecule has 0 saturated heterocycles. The Morgan fingerprint density at radius 3 is 2.02 bits per heavy atom. The molecule has 5 aromatic carbocycles. The minimum atomic E-state index is -3.82. The van der Waals surface area contributed by atoms with Gasteiger partial charge in [0.05, 0.1) is 22.8 Å². The summed E-state index contributed by atoms with van der Waals surface area (Å²) in [6.07, 6.45) is -0.478. The molecule has 4 N–H and O–H groups in total. The number of anilines is 4. The Kier molecular flexibility index (Phi) is 11.5. The fourth-order valence-corrected chi connectivity index (χ4v) is 6.80. The zero-order chi connectivity index (χ0) is 35.3. The molecule has 1 aliphatic rings. The van der Waals surface area contributed by atoms with E-state index >= 15 is 0 Å². The SMILES string of the molecule is Cl.NCc1ccc(N2C(=O)C(CC(=O)NCc3ccccc3F)C(=O)N(Cc3ccc(NS(=O)(=O)c4ccccc4)cc3)c3ccccc32)cc1. The molecule has 3 amide bonds. The maximum Gasteiger partial charge on any atom is 0.261 e. The quantitative estimate of drug-likeness (QED) is 0.142. The minimum Gasteiger partial charge on any atom is -0.352 e. The van der Waals surface area contributed by atoms with E-state index in [1.807, 2.05) is 0 Å². The molecule has 0 bridgehead atoms. The lowest BCUT2D eigenvalue weighted by Gasteiger charge is -2.26. The van der Waals surface area contributed by atoms with Gasteiger partial charge in [-0.2, -0.15) is 0 Å².